The minimum atomic E-state index is -0.440. The van der Waals surface area contributed by atoms with Crippen LogP contribution in [-0.2, 0) is 6.42 Å². The molecule has 0 aromatic heterocycles. The van der Waals surface area contributed by atoms with Gasteiger partial charge < -0.3 is 5.32 Å². The van der Waals surface area contributed by atoms with Gasteiger partial charge in [-0.05, 0) is 50.8 Å². The summed E-state index contributed by atoms with van der Waals surface area (Å²) < 4.78 is 27.5. The van der Waals surface area contributed by atoms with Gasteiger partial charge in [-0.15, -0.1) is 6.58 Å². The second-order valence-electron chi connectivity index (χ2n) is 5.48. The third-order valence-electron chi connectivity index (χ3n) is 3.66. The first kappa shape index (κ1) is 17.8. The molecule has 1 atom stereocenters. The van der Waals surface area contributed by atoms with Crippen molar-refractivity contribution in [2.24, 2.45) is 0 Å². The molecule has 0 bridgehead atoms. The molecule has 118 valence electrons. The molecule has 0 aliphatic rings. The van der Waals surface area contributed by atoms with Gasteiger partial charge in [0.2, 0.25) is 0 Å². The van der Waals surface area contributed by atoms with Crippen LogP contribution in [-0.4, -0.2) is 12.6 Å². The average molecular weight is 295 g/mol. The topological polar surface area (TPSA) is 12.0 Å². The lowest BCUT2D eigenvalue weighted by atomic mass is 9.99. The van der Waals surface area contributed by atoms with Gasteiger partial charge in [-0.3, -0.25) is 0 Å². The molecular weight excluding hydrogens is 268 g/mol. The molecule has 0 fully saturated rings. The maximum absolute atomic E-state index is 13.7. The fourth-order valence-corrected chi connectivity index (χ4v) is 2.45. The quantitative estimate of drug-likeness (QED) is 0.447. The maximum atomic E-state index is 13.7. The average Bonchev–Trinajstić information content (AvgIpc) is 2.47. The van der Waals surface area contributed by atoms with Crippen molar-refractivity contribution in [3.05, 3.63) is 48.1 Å². The van der Waals surface area contributed by atoms with E-state index in [1.54, 1.807) is 0 Å². The van der Waals surface area contributed by atoms with E-state index >= 15 is 0 Å². The zero-order valence-electron chi connectivity index (χ0n) is 13.0. The Labute approximate surface area is 127 Å². The van der Waals surface area contributed by atoms with Crippen molar-refractivity contribution in [3.8, 4) is 0 Å². The highest BCUT2D eigenvalue weighted by Gasteiger charge is 2.15. The molecular formula is C18H27F2N. The molecule has 0 amide bonds. The molecule has 1 rings (SSSR count). The first-order valence-corrected chi connectivity index (χ1v) is 7.96. The van der Waals surface area contributed by atoms with Gasteiger partial charge in [0.05, 0.1) is 0 Å². The van der Waals surface area contributed by atoms with Crippen molar-refractivity contribution in [2.75, 3.05) is 6.54 Å². The van der Waals surface area contributed by atoms with Crippen molar-refractivity contribution in [2.45, 2.75) is 57.9 Å². The summed E-state index contributed by atoms with van der Waals surface area (Å²) in [6, 6.07) is 4.22. The Morgan fingerprint density at radius 1 is 1.19 bits per heavy atom. The van der Waals surface area contributed by atoms with E-state index in [1.165, 1.54) is 18.2 Å². The SMILES string of the molecule is C=CCCCCCC(Cc1c(F)cccc1F)NCCC. The second kappa shape index (κ2) is 10.5. The highest BCUT2D eigenvalue weighted by molar-refractivity contribution is 5.20. The number of allylic oxidation sites excluding steroid dienone is 1. The molecule has 3 heteroatoms. The van der Waals surface area contributed by atoms with E-state index in [0.717, 1.165) is 45.1 Å². The largest absolute Gasteiger partial charge is 0.314 e. The molecule has 0 spiro atoms. The molecule has 0 saturated carbocycles. The number of rotatable bonds is 11. The number of unbranched alkanes of at least 4 members (excludes halogenated alkanes) is 3. The third-order valence-corrected chi connectivity index (χ3v) is 3.66. The predicted molar refractivity (Wildman–Crippen MR) is 85.4 cm³/mol. The van der Waals surface area contributed by atoms with Crippen LogP contribution in [0.2, 0.25) is 0 Å². The number of halogens is 2. The molecule has 1 aromatic carbocycles. The Morgan fingerprint density at radius 2 is 1.90 bits per heavy atom. The van der Waals surface area contributed by atoms with Gasteiger partial charge in [0.15, 0.2) is 0 Å². The van der Waals surface area contributed by atoms with Crippen LogP contribution in [0.5, 0.6) is 0 Å². The van der Waals surface area contributed by atoms with Gasteiger partial charge in [-0.25, -0.2) is 8.78 Å². The van der Waals surface area contributed by atoms with Crippen molar-refractivity contribution < 1.29 is 8.78 Å². The monoisotopic (exact) mass is 295 g/mol. The first-order valence-electron chi connectivity index (χ1n) is 7.96. The Kier molecular flexibility index (Phi) is 8.91. The maximum Gasteiger partial charge on any atom is 0.129 e. The van der Waals surface area contributed by atoms with Crippen molar-refractivity contribution >= 4 is 0 Å². The van der Waals surface area contributed by atoms with Crippen molar-refractivity contribution in [1.29, 1.82) is 0 Å². The summed E-state index contributed by atoms with van der Waals surface area (Å²) in [7, 11) is 0. The fourth-order valence-electron chi connectivity index (χ4n) is 2.45. The van der Waals surface area contributed by atoms with E-state index < -0.39 is 11.6 Å². The van der Waals surface area contributed by atoms with Gasteiger partial charge in [0.1, 0.15) is 11.6 Å². The van der Waals surface area contributed by atoms with Crippen LogP contribution in [0.3, 0.4) is 0 Å². The Bertz CT molecular complexity index is 397. The molecule has 0 aliphatic carbocycles. The molecule has 1 nitrogen and oxygen atoms in total. The van der Waals surface area contributed by atoms with E-state index in [0.29, 0.717) is 6.42 Å². The molecule has 1 N–H and O–H groups in total. The van der Waals surface area contributed by atoms with Gasteiger partial charge in [-0.2, -0.15) is 0 Å². The zero-order valence-corrected chi connectivity index (χ0v) is 13.0. The number of benzene rings is 1. The van der Waals surface area contributed by atoms with Crippen LogP contribution in [0.25, 0.3) is 0 Å². The number of hydrogen-bond donors (Lipinski definition) is 1. The van der Waals surface area contributed by atoms with E-state index in [-0.39, 0.29) is 11.6 Å². The van der Waals surface area contributed by atoms with Crippen LogP contribution in [0.1, 0.15) is 51.0 Å². The highest BCUT2D eigenvalue weighted by Crippen LogP contribution is 2.17. The van der Waals surface area contributed by atoms with E-state index in [1.807, 2.05) is 6.08 Å². The lowest BCUT2D eigenvalue weighted by Gasteiger charge is -2.19. The molecule has 0 saturated heterocycles. The van der Waals surface area contributed by atoms with Crippen LogP contribution in [0, 0.1) is 11.6 Å². The molecule has 1 aromatic rings. The standard InChI is InChI=1S/C18H27F2N/c1-3-5-6-7-8-10-15(21-13-4-2)14-16-17(19)11-9-12-18(16)20/h3,9,11-12,15,21H,1,4-8,10,13-14H2,2H3. The first-order chi connectivity index (χ1) is 10.2. The Morgan fingerprint density at radius 3 is 2.52 bits per heavy atom. The summed E-state index contributed by atoms with van der Waals surface area (Å²) >= 11 is 0. The minimum Gasteiger partial charge on any atom is -0.314 e. The van der Waals surface area contributed by atoms with Crippen LogP contribution >= 0.6 is 0 Å². The van der Waals surface area contributed by atoms with Gasteiger partial charge >= 0.3 is 0 Å². The molecule has 0 radical (unpaired) electrons. The van der Waals surface area contributed by atoms with E-state index in [9.17, 15) is 8.78 Å². The van der Waals surface area contributed by atoms with Crippen molar-refractivity contribution in [1.82, 2.24) is 5.32 Å². The summed E-state index contributed by atoms with van der Waals surface area (Å²) in [6.07, 6.45) is 8.70. The molecule has 0 aliphatic heterocycles. The van der Waals surface area contributed by atoms with Gasteiger partial charge in [0, 0.05) is 11.6 Å². The fraction of sp³-hybridized carbons (Fsp3) is 0.556. The van der Waals surface area contributed by atoms with Crippen molar-refractivity contribution in [3.63, 3.8) is 0 Å². The summed E-state index contributed by atoms with van der Waals surface area (Å²) in [6.45, 7) is 6.69. The highest BCUT2D eigenvalue weighted by atomic mass is 19.1. The lowest BCUT2D eigenvalue weighted by Crippen LogP contribution is -2.32. The second-order valence-corrected chi connectivity index (χ2v) is 5.48. The smallest absolute Gasteiger partial charge is 0.129 e. The van der Waals surface area contributed by atoms with Crippen LogP contribution < -0.4 is 5.32 Å². The normalized spacial score (nSPS) is 12.3. The summed E-state index contributed by atoms with van der Waals surface area (Å²) in [5, 5.41) is 3.41. The van der Waals surface area contributed by atoms with E-state index in [2.05, 4.69) is 18.8 Å². The summed E-state index contributed by atoms with van der Waals surface area (Å²) in [5.41, 5.74) is 0.206. The van der Waals surface area contributed by atoms with Crippen LogP contribution in [0.15, 0.2) is 30.9 Å². The molecule has 1 unspecified atom stereocenters. The minimum absolute atomic E-state index is 0.139. The zero-order chi connectivity index (χ0) is 15.5. The van der Waals surface area contributed by atoms with Crippen LogP contribution in [0.4, 0.5) is 8.78 Å². The van der Waals surface area contributed by atoms with E-state index in [4.69, 9.17) is 0 Å². The predicted octanol–water partition coefficient (Wildman–Crippen LogP) is 5.01. The third kappa shape index (κ3) is 6.85. The number of nitrogens with one attached hydrogen (secondary N) is 1. The van der Waals surface area contributed by atoms with Gasteiger partial charge in [-0.1, -0.05) is 31.9 Å². The van der Waals surface area contributed by atoms with Gasteiger partial charge in [0.25, 0.3) is 0 Å². The molecule has 21 heavy (non-hydrogen) atoms. The lowest BCUT2D eigenvalue weighted by molar-refractivity contribution is 0.437. The summed E-state index contributed by atoms with van der Waals surface area (Å²) in [5.74, 6) is -0.880. The Hall–Kier alpha value is -1.22. The number of hydrogen-bond acceptors (Lipinski definition) is 1. The summed E-state index contributed by atoms with van der Waals surface area (Å²) in [4.78, 5) is 0. The molecule has 0 heterocycles. The Balaban J connectivity index is 2.54.